The second kappa shape index (κ2) is 15.5. The van der Waals surface area contributed by atoms with Gasteiger partial charge in [-0.05, 0) is 174 Å². The summed E-state index contributed by atoms with van der Waals surface area (Å²) in [6.07, 6.45) is 6.95. The Morgan fingerprint density at radius 1 is 0.314 bits per heavy atom. The molecule has 1 heterocycles. The van der Waals surface area contributed by atoms with Crippen molar-refractivity contribution >= 4 is 32.3 Å². The molecule has 1 aromatic heterocycles. The molecule has 0 amide bonds. The highest BCUT2D eigenvalue weighted by atomic mass is 14.9. The number of hydrogen-bond donors (Lipinski definition) is 0. The number of benzene rings is 10. The number of nitrogens with zero attached hydrogens (tertiary/aromatic N) is 2. The first-order valence-corrected chi connectivity index (χ1v) is 25.5. The summed E-state index contributed by atoms with van der Waals surface area (Å²) in [7, 11) is 0. The average molecular weight is 895 g/mol. The minimum atomic E-state index is 0.0872. The molecule has 0 radical (unpaired) electrons. The molecule has 0 aliphatic heterocycles. The molecule has 11 aromatic rings. The minimum absolute atomic E-state index is 0.0872. The minimum Gasteiger partial charge on any atom is -0.228 e. The third kappa shape index (κ3) is 5.99. The molecule has 4 saturated carbocycles. The molecule has 1 spiro atoms. The van der Waals surface area contributed by atoms with E-state index in [0.29, 0.717) is 17.7 Å². The molecule has 0 N–H and O–H groups in total. The molecule has 2 nitrogen and oxygen atoms in total. The van der Waals surface area contributed by atoms with Crippen molar-refractivity contribution in [3.05, 3.63) is 230 Å². The Morgan fingerprint density at radius 3 is 1.51 bits per heavy atom. The summed E-state index contributed by atoms with van der Waals surface area (Å²) in [5.41, 5.74) is 18.6. The first-order valence-electron chi connectivity index (χ1n) is 25.5. The van der Waals surface area contributed by atoms with Gasteiger partial charge in [-0.1, -0.05) is 188 Å². The fourth-order valence-corrected chi connectivity index (χ4v) is 14.7. The fourth-order valence-electron chi connectivity index (χ4n) is 14.7. The second-order valence-corrected chi connectivity index (χ2v) is 20.8. The predicted octanol–water partition coefficient (Wildman–Crippen LogP) is 17.7. The molecule has 4 fully saturated rings. The molecular formula is C68H50N2. The Bertz CT molecular complexity index is 3820. The molecule has 5 aliphatic rings. The van der Waals surface area contributed by atoms with Crippen molar-refractivity contribution in [2.75, 3.05) is 0 Å². The van der Waals surface area contributed by atoms with E-state index in [1.807, 2.05) is 0 Å². The standard InChI is InChI=1S/C68H50N2/c1-3-16-44(17-4-1)46-22-13-24-50(37-46)62-41-63(70-67(69-62)45-18-5-2-6-19-45)66-57-28-11-9-26-55(57)64(56-27-10-12-29-58(56)66)51-25-14-23-49(38-51)54-30-15-31-60-65(54)59-39-47-20-7-8-21-48(47)40-61(59)68(60)52-33-42-32-43(35-52)36-53(68)34-42/h1-31,37-43,52-53H,32-36H2. The highest BCUT2D eigenvalue weighted by Gasteiger charge is 2.61. The zero-order valence-electron chi connectivity index (χ0n) is 39.0. The van der Waals surface area contributed by atoms with Crippen LogP contribution in [0.2, 0.25) is 0 Å². The molecule has 2 heteroatoms. The molecule has 0 atom stereocenters. The van der Waals surface area contributed by atoms with Gasteiger partial charge in [0.2, 0.25) is 0 Å². The third-order valence-electron chi connectivity index (χ3n) is 17.2. The van der Waals surface area contributed by atoms with Gasteiger partial charge in [-0.15, -0.1) is 0 Å². The van der Waals surface area contributed by atoms with Crippen molar-refractivity contribution in [3.63, 3.8) is 0 Å². The van der Waals surface area contributed by atoms with Crippen molar-refractivity contribution in [3.8, 4) is 78.4 Å². The van der Waals surface area contributed by atoms with Gasteiger partial charge in [-0.25, -0.2) is 9.97 Å². The number of fused-ring (bicyclic) bond motifs is 6. The van der Waals surface area contributed by atoms with E-state index in [-0.39, 0.29) is 5.41 Å². The maximum atomic E-state index is 5.46. The smallest absolute Gasteiger partial charge is 0.160 e. The predicted molar refractivity (Wildman–Crippen MR) is 290 cm³/mol. The van der Waals surface area contributed by atoms with Crippen LogP contribution in [0.15, 0.2) is 218 Å². The van der Waals surface area contributed by atoms with Gasteiger partial charge in [0.25, 0.3) is 0 Å². The summed E-state index contributed by atoms with van der Waals surface area (Å²) in [6, 6.07) is 81.0. The van der Waals surface area contributed by atoms with Crippen LogP contribution in [0.1, 0.15) is 43.2 Å². The molecule has 4 bridgehead atoms. The van der Waals surface area contributed by atoms with E-state index in [2.05, 4.69) is 218 Å². The second-order valence-electron chi connectivity index (χ2n) is 20.8. The third-order valence-corrected chi connectivity index (χ3v) is 17.2. The van der Waals surface area contributed by atoms with Crippen molar-refractivity contribution in [2.24, 2.45) is 23.7 Å². The van der Waals surface area contributed by atoms with Gasteiger partial charge in [0.15, 0.2) is 5.82 Å². The lowest BCUT2D eigenvalue weighted by molar-refractivity contribution is -0.0398. The summed E-state index contributed by atoms with van der Waals surface area (Å²) >= 11 is 0. The van der Waals surface area contributed by atoms with Gasteiger partial charge >= 0.3 is 0 Å². The topological polar surface area (TPSA) is 25.8 Å². The maximum absolute atomic E-state index is 5.46. The number of hydrogen-bond acceptors (Lipinski definition) is 2. The van der Waals surface area contributed by atoms with Crippen LogP contribution in [-0.2, 0) is 5.41 Å². The maximum Gasteiger partial charge on any atom is 0.160 e. The molecule has 332 valence electrons. The summed E-state index contributed by atoms with van der Waals surface area (Å²) < 4.78 is 0. The first-order chi connectivity index (χ1) is 34.7. The Kier molecular flexibility index (Phi) is 8.88. The van der Waals surface area contributed by atoms with E-state index >= 15 is 0 Å². The van der Waals surface area contributed by atoms with Gasteiger partial charge < -0.3 is 0 Å². The lowest BCUT2D eigenvalue weighted by Crippen LogP contribution is -2.55. The molecule has 0 saturated heterocycles. The molecule has 5 aliphatic carbocycles. The van der Waals surface area contributed by atoms with E-state index in [9.17, 15) is 0 Å². The van der Waals surface area contributed by atoms with Gasteiger partial charge in [-0.2, -0.15) is 0 Å². The van der Waals surface area contributed by atoms with Crippen LogP contribution >= 0.6 is 0 Å². The van der Waals surface area contributed by atoms with Crippen LogP contribution in [0, 0.1) is 23.7 Å². The Morgan fingerprint density at radius 2 is 0.829 bits per heavy atom. The lowest BCUT2D eigenvalue weighted by atomic mass is 9.43. The summed E-state index contributed by atoms with van der Waals surface area (Å²) in [5, 5.41) is 7.48. The lowest BCUT2D eigenvalue weighted by Gasteiger charge is -2.61. The van der Waals surface area contributed by atoms with Crippen LogP contribution in [-0.4, -0.2) is 9.97 Å². The quantitative estimate of drug-likeness (QED) is 0.155. The zero-order valence-corrected chi connectivity index (χ0v) is 39.0. The Balaban J connectivity index is 0.924. The van der Waals surface area contributed by atoms with Crippen LogP contribution in [0.3, 0.4) is 0 Å². The fraction of sp³-hybridized carbons (Fsp3) is 0.147. The number of aromatic nitrogens is 2. The monoisotopic (exact) mass is 894 g/mol. The summed E-state index contributed by atoms with van der Waals surface area (Å²) in [4.78, 5) is 10.7. The molecule has 10 aromatic carbocycles. The first kappa shape index (κ1) is 40.0. The van der Waals surface area contributed by atoms with Crippen LogP contribution in [0.25, 0.3) is 111 Å². The van der Waals surface area contributed by atoms with Crippen molar-refractivity contribution in [1.82, 2.24) is 9.97 Å². The average Bonchev–Trinajstić information content (AvgIpc) is 3.70. The van der Waals surface area contributed by atoms with E-state index in [4.69, 9.17) is 9.97 Å². The largest absolute Gasteiger partial charge is 0.228 e. The van der Waals surface area contributed by atoms with E-state index in [0.717, 1.165) is 45.5 Å². The van der Waals surface area contributed by atoms with E-state index < -0.39 is 0 Å². The van der Waals surface area contributed by atoms with Gasteiger partial charge in [0, 0.05) is 22.1 Å². The van der Waals surface area contributed by atoms with Crippen molar-refractivity contribution in [1.29, 1.82) is 0 Å². The van der Waals surface area contributed by atoms with Gasteiger partial charge in [0.1, 0.15) is 0 Å². The highest BCUT2D eigenvalue weighted by Crippen LogP contribution is 2.70. The summed E-state index contributed by atoms with van der Waals surface area (Å²) in [6.45, 7) is 0. The van der Waals surface area contributed by atoms with Crippen molar-refractivity contribution in [2.45, 2.75) is 37.5 Å². The van der Waals surface area contributed by atoms with Crippen LogP contribution in [0.5, 0.6) is 0 Å². The number of rotatable bonds is 6. The SMILES string of the molecule is c1ccc(-c2cccc(-c3cc(-c4c5ccccc5c(-c5cccc(-c6cccc7c6-c6cc8ccccc8cc6C76C7CC8CC(C7)CC6C8)c5)c5ccccc45)nc(-c4ccccc4)n3)c2)cc1. The van der Waals surface area contributed by atoms with Crippen molar-refractivity contribution < 1.29 is 0 Å². The Hall–Kier alpha value is -7.94. The Labute approximate surface area is 409 Å². The van der Waals surface area contributed by atoms with Gasteiger partial charge in [0.05, 0.1) is 11.4 Å². The van der Waals surface area contributed by atoms with Crippen LogP contribution < -0.4 is 0 Å². The summed E-state index contributed by atoms with van der Waals surface area (Å²) in [5.74, 6) is 3.92. The molecular weight excluding hydrogens is 845 g/mol. The van der Waals surface area contributed by atoms with E-state index in [1.165, 1.54) is 103 Å². The normalized spacial score (nSPS) is 20.6. The van der Waals surface area contributed by atoms with E-state index in [1.54, 1.807) is 11.1 Å². The van der Waals surface area contributed by atoms with Gasteiger partial charge in [-0.3, -0.25) is 0 Å². The highest BCUT2D eigenvalue weighted by molar-refractivity contribution is 6.21. The molecule has 16 rings (SSSR count). The molecule has 70 heavy (non-hydrogen) atoms. The molecule has 0 unspecified atom stereocenters. The van der Waals surface area contributed by atoms with Crippen LogP contribution in [0.4, 0.5) is 0 Å². The zero-order chi connectivity index (χ0) is 45.9.